The lowest BCUT2D eigenvalue weighted by atomic mass is 10.1. The van der Waals surface area contributed by atoms with Crippen molar-refractivity contribution in [3.05, 3.63) is 62.9 Å². The maximum atomic E-state index is 13.2. The van der Waals surface area contributed by atoms with Crippen LogP contribution in [0, 0.1) is 15.9 Å². The van der Waals surface area contributed by atoms with Crippen molar-refractivity contribution in [1.29, 1.82) is 0 Å². The van der Waals surface area contributed by atoms with Gasteiger partial charge in [-0.05, 0) is 36.8 Å². The molecule has 0 fully saturated rings. The molecule has 2 aromatic carbocycles. The molecule has 0 bridgehead atoms. The van der Waals surface area contributed by atoms with Crippen molar-refractivity contribution >= 4 is 32.8 Å². The zero-order chi connectivity index (χ0) is 18.1. The normalized spacial score (nSPS) is 12.7. The van der Waals surface area contributed by atoms with E-state index in [1.54, 1.807) is 6.92 Å². The number of nitro benzene ring substituents is 1. The van der Waals surface area contributed by atoms with Gasteiger partial charge in [-0.2, -0.15) is 0 Å². The van der Waals surface area contributed by atoms with Crippen LogP contribution in [-0.4, -0.2) is 19.6 Å². The number of sulfone groups is 1. The van der Waals surface area contributed by atoms with Crippen molar-refractivity contribution in [2.75, 3.05) is 11.6 Å². The van der Waals surface area contributed by atoms with Crippen LogP contribution in [0.2, 0.25) is 5.02 Å². The minimum absolute atomic E-state index is 0.0517. The van der Waals surface area contributed by atoms with Crippen LogP contribution in [0.5, 0.6) is 0 Å². The number of hydrogen-bond donors (Lipinski definition) is 1. The fourth-order valence-electron chi connectivity index (χ4n) is 2.22. The molecule has 24 heavy (non-hydrogen) atoms. The Morgan fingerprint density at radius 2 is 1.96 bits per heavy atom. The SMILES string of the molecule is CC(Nc1cccc(S(C)(=O)=O)c1[N+](=O)[O-])c1ccc(F)c(Cl)c1. The number of hydrogen-bond acceptors (Lipinski definition) is 5. The first-order valence-electron chi connectivity index (χ1n) is 6.80. The summed E-state index contributed by atoms with van der Waals surface area (Å²) < 4.78 is 36.7. The summed E-state index contributed by atoms with van der Waals surface area (Å²) in [5.41, 5.74) is 0.122. The van der Waals surface area contributed by atoms with E-state index >= 15 is 0 Å². The van der Waals surface area contributed by atoms with E-state index in [-0.39, 0.29) is 15.6 Å². The Kier molecular flexibility index (Phi) is 5.10. The summed E-state index contributed by atoms with van der Waals surface area (Å²) >= 11 is 5.74. The lowest BCUT2D eigenvalue weighted by Crippen LogP contribution is -2.11. The number of nitro groups is 1. The maximum Gasteiger partial charge on any atom is 0.310 e. The Labute approximate surface area is 143 Å². The second-order valence-electron chi connectivity index (χ2n) is 5.22. The molecule has 0 aliphatic carbocycles. The topological polar surface area (TPSA) is 89.3 Å². The molecule has 0 heterocycles. The van der Waals surface area contributed by atoms with Gasteiger partial charge in [0.2, 0.25) is 0 Å². The van der Waals surface area contributed by atoms with Crippen LogP contribution in [0.4, 0.5) is 15.8 Å². The fourth-order valence-corrected chi connectivity index (χ4v) is 3.28. The predicted molar refractivity (Wildman–Crippen MR) is 89.7 cm³/mol. The van der Waals surface area contributed by atoms with E-state index in [9.17, 15) is 22.9 Å². The number of para-hydroxylation sites is 1. The molecule has 0 amide bonds. The van der Waals surface area contributed by atoms with E-state index in [1.807, 2.05) is 0 Å². The molecule has 2 rings (SSSR count). The molecule has 0 aromatic heterocycles. The largest absolute Gasteiger partial charge is 0.373 e. The van der Waals surface area contributed by atoms with Crippen molar-refractivity contribution in [3.8, 4) is 0 Å². The maximum absolute atomic E-state index is 13.2. The fraction of sp³-hybridized carbons (Fsp3) is 0.200. The summed E-state index contributed by atoms with van der Waals surface area (Å²) in [6, 6.07) is 7.63. The van der Waals surface area contributed by atoms with Crippen LogP contribution in [0.1, 0.15) is 18.5 Å². The van der Waals surface area contributed by atoms with Crippen LogP contribution < -0.4 is 5.32 Å². The first kappa shape index (κ1) is 18.2. The Morgan fingerprint density at radius 1 is 1.29 bits per heavy atom. The first-order valence-corrected chi connectivity index (χ1v) is 9.07. The lowest BCUT2D eigenvalue weighted by Gasteiger charge is -2.17. The summed E-state index contributed by atoms with van der Waals surface area (Å²) in [5.74, 6) is -0.572. The highest BCUT2D eigenvalue weighted by Gasteiger charge is 2.26. The average Bonchev–Trinajstić information content (AvgIpc) is 2.48. The summed E-state index contributed by atoms with van der Waals surface area (Å²) in [5, 5.41) is 14.1. The second kappa shape index (κ2) is 6.74. The van der Waals surface area contributed by atoms with E-state index in [0.29, 0.717) is 5.56 Å². The third kappa shape index (κ3) is 3.82. The number of halogens is 2. The average molecular weight is 373 g/mol. The lowest BCUT2D eigenvalue weighted by molar-refractivity contribution is -0.386. The third-order valence-corrected chi connectivity index (χ3v) is 4.81. The quantitative estimate of drug-likeness (QED) is 0.633. The zero-order valence-corrected chi connectivity index (χ0v) is 14.4. The smallest absolute Gasteiger partial charge is 0.310 e. The van der Waals surface area contributed by atoms with Gasteiger partial charge in [0.1, 0.15) is 16.4 Å². The Morgan fingerprint density at radius 3 is 2.50 bits per heavy atom. The molecule has 9 heteroatoms. The molecule has 0 saturated heterocycles. The minimum atomic E-state index is -3.77. The molecule has 1 unspecified atom stereocenters. The molecule has 1 atom stereocenters. The number of nitrogens with one attached hydrogen (secondary N) is 1. The van der Waals surface area contributed by atoms with E-state index in [0.717, 1.165) is 6.26 Å². The van der Waals surface area contributed by atoms with Gasteiger partial charge >= 0.3 is 5.69 Å². The van der Waals surface area contributed by atoms with Crippen LogP contribution in [-0.2, 0) is 9.84 Å². The molecule has 1 N–H and O–H groups in total. The highest BCUT2D eigenvalue weighted by atomic mass is 35.5. The Hall–Kier alpha value is -2.19. The number of nitrogens with zero attached hydrogens (tertiary/aromatic N) is 1. The second-order valence-corrected chi connectivity index (χ2v) is 7.61. The predicted octanol–water partition coefficient (Wildman–Crippen LogP) is 3.96. The molecular formula is C15H14ClFN2O4S. The van der Waals surface area contributed by atoms with Gasteiger partial charge in [0, 0.05) is 12.3 Å². The summed E-state index contributed by atoms with van der Waals surface area (Å²) in [6.45, 7) is 1.69. The van der Waals surface area contributed by atoms with Crippen molar-refractivity contribution in [2.24, 2.45) is 0 Å². The highest BCUT2D eigenvalue weighted by Crippen LogP contribution is 2.34. The van der Waals surface area contributed by atoms with Gasteiger partial charge in [-0.3, -0.25) is 10.1 Å². The van der Waals surface area contributed by atoms with Gasteiger partial charge in [0.25, 0.3) is 0 Å². The third-order valence-electron chi connectivity index (χ3n) is 3.40. The zero-order valence-electron chi connectivity index (χ0n) is 12.8. The summed E-state index contributed by atoms with van der Waals surface area (Å²) in [4.78, 5) is 10.2. The van der Waals surface area contributed by atoms with Crippen LogP contribution in [0.15, 0.2) is 41.3 Å². The van der Waals surface area contributed by atoms with Gasteiger partial charge in [-0.1, -0.05) is 23.7 Å². The molecule has 0 saturated carbocycles. The minimum Gasteiger partial charge on any atom is -0.373 e. The van der Waals surface area contributed by atoms with E-state index in [1.165, 1.54) is 36.4 Å². The number of anilines is 1. The molecular weight excluding hydrogens is 359 g/mol. The molecule has 2 aromatic rings. The van der Waals surface area contributed by atoms with Crippen LogP contribution in [0.25, 0.3) is 0 Å². The molecule has 0 radical (unpaired) electrons. The Bertz CT molecular complexity index is 902. The van der Waals surface area contributed by atoms with E-state index in [4.69, 9.17) is 11.6 Å². The van der Waals surface area contributed by atoms with Crippen molar-refractivity contribution in [3.63, 3.8) is 0 Å². The van der Waals surface area contributed by atoms with Gasteiger partial charge in [0.05, 0.1) is 9.95 Å². The molecule has 0 aliphatic rings. The number of rotatable bonds is 5. The van der Waals surface area contributed by atoms with Crippen LogP contribution in [0.3, 0.4) is 0 Å². The van der Waals surface area contributed by atoms with Gasteiger partial charge in [-0.25, -0.2) is 12.8 Å². The molecule has 128 valence electrons. The Balaban J connectivity index is 2.45. The van der Waals surface area contributed by atoms with E-state index in [2.05, 4.69) is 5.32 Å². The molecule has 0 spiro atoms. The summed E-state index contributed by atoms with van der Waals surface area (Å²) in [7, 11) is -3.77. The van der Waals surface area contributed by atoms with Gasteiger partial charge < -0.3 is 5.32 Å². The molecule has 6 nitrogen and oxygen atoms in total. The monoisotopic (exact) mass is 372 g/mol. The number of benzene rings is 2. The summed E-state index contributed by atoms with van der Waals surface area (Å²) in [6.07, 6.45) is 0.905. The highest BCUT2D eigenvalue weighted by molar-refractivity contribution is 7.90. The van der Waals surface area contributed by atoms with E-state index < -0.39 is 32.3 Å². The first-order chi connectivity index (χ1) is 11.1. The van der Waals surface area contributed by atoms with Crippen LogP contribution >= 0.6 is 11.6 Å². The van der Waals surface area contributed by atoms with Gasteiger partial charge in [0.15, 0.2) is 9.84 Å². The van der Waals surface area contributed by atoms with Gasteiger partial charge in [-0.15, -0.1) is 0 Å². The van der Waals surface area contributed by atoms with Crippen molar-refractivity contribution in [1.82, 2.24) is 0 Å². The standard InChI is InChI=1S/C15H14ClFN2O4S/c1-9(10-6-7-12(17)11(16)8-10)18-13-4-3-5-14(24(2,22)23)15(13)19(20)21/h3-9,18H,1-2H3. The van der Waals surface area contributed by atoms with Crippen molar-refractivity contribution in [2.45, 2.75) is 17.9 Å². The van der Waals surface area contributed by atoms with Crippen molar-refractivity contribution < 1.29 is 17.7 Å². The molecule has 0 aliphatic heterocycles.